The van der Waals surface area contributed by atoms with Crippen LogP contribution in [0.5, 0.6) is 5.75 Å². The number of amides is 1. The second kappa shape index (κ2) is 8.67. The Morgan fingerprint density at radius 3 is 2.62 bits per heavy atom. The lowest BCUT2D eigenvalue weighted by atomic mass is 10.2. The fourth-order valence-corrected chi connectivity index (χ4v) is 2.37. The number of hydrogen-bond acceptors (Lipinski definition) is 3. The predicted molar refractivity (Wildman–Crippen MR) is 103 cm³/mol. The summed E-state index contributed by atoms with van der Waals surface area (Å²) in [6.45, 7) is 3.33. The van der Waals surface area contributed by atoms with Gasteiger partial charge in [-0.1, -0.05) is 30.3 Å². The van der Waals surface area contributed by atoms with E-state index in [9.17, 15) is 4.79 Å². The number of aromatic nitrogens is 2. The number of aryl methyl sites for hydroxylation is 1. The first kappa shape index (κ1) is 17.5. The Morgan fingerprint density at radius 1 is 1.15 bits per heavy atom. The zero-order valence-corrected chi connectivity index (χ0v) is 14.6. The molecule has 3 rings (SSSR count). The number of anilines is 1. The Kier molecular flexibility index (Phi) is 5.83. The lowest BCUT2D eigenvalue weighted by Gasteiger charge is -2.07. The molecule has 5 nitrogen and oxygen atoms in total. The van der Waals surface area contributed by atoms with Crippen LogP contribution in [-0.4, -0.2) is 15.7 Å². The summed E-state index contributed by atoms with van der Waals surface area (Å²) in [5.74, 6) is 0.571. The quantitative estimate of drug-likeness (QED) is 0.654. The highest BCUT2D eigenvalue weighted by Gasteiger charge is 2.00. The van der Waals surface area contributed by atoms with E-state index in [1.54, 1.807) is 12.3 Å². The van der Waals surface area contributed by atoms with Crippen LogP contribution < -0.4 is 10.1 Å². The topological polar surface area (TPSA) is 56.2 Å². The molecule has 5 heteroatoms. The van der Waals surface area contributed by atoms with Gasteiger partial charge in [-0.3, -0.25) is 9.48 Å². The van der Waals surface area contributed by atoms with Gasteiger partial charge < -0.3 is 10.1 Å². The van der Waals surface area contributed by atoms with Crippen molar-refractivity contribution in [1.82, 2.24) is 9.78 Å². The number of hydrogen-bond donors (Lipinski definition) is 1. The zero-order chi connectivity index (χ0) is 18.2. The van der Waals surface area contributed by atoms with Crippen LogP contribution in [0.1, 0.15) is 18.1 Å². The maximum atomic E-state index is 12.0. The van der Waals surface area contributed by atoms with Crippen LogP contribution in [0, 0.1) is 0 Å². The number of rotatable bonds is 7. The summed E-state index contributed by atoms with van der Waals surface area (Å²) in [6.07, 6.45) is 6.86. The van der Waals surface area contributed by atoms with Crippen molar-refractivity contribution in [2.75, 3.05) is 5.32 Å². The van der Waals surface area contributed by atoms with Gasteiger partial charge in [0.2, 0.25) is 5.91 Å². The molecule has 0 saturated carbocycles. The molecule has 0 aliphatic rings. The van der Waals surface area contributed by atoms with Gasteiger partial charge in [0.1, 0.15) is 12.4 Å². The van der Waals surface area contributed by atoms with E-state index >= 15 is 0 Å². The predicted octanol–water partition coefficient (Wildman–Crippen LogP) is 4.13. The smallest absolute Gasteiger partial charge is 0.248 e. The number of nitrogens with one attached hydrogen (secondary N) is 1. The first-order valence-corrected chi connectivity index (χ1v) is 8.51. The molecule has 0 bridgehead atoms. The molecular formula is C21H21N3O2. The normalized spacial score (nSPS) is 10.8. The molecule has 1 N–H and O–H groups in total. The molecule has 0 saturated heterocycles. The molecule has 0 unspecified atom stereocenters. The van der Waals surface area contributed by atoms with Gasteiger partial charge in [0.25, 0.3) is 0 Å². The Hall–Kier alpha value is -3.34. The van der Waals surface area contributed by atoms with E-state index in [2.05, 4.69) is 10.4 Å². The van der Waals surface area contributed by atoms with Crippen molar-refractivity contribution in [3.05, 3.63) is 84.2 Å². The van der Waals surface area contributed by atoms with E-state index in [0.29, 0.717) is 6.61 Å². The summed E-state index contributed by atoms with van der Waals surface area (Å²) in [7, 11) is 0. The monoisotopic (exact) mass is 347 g/mol. The number of benzene rings is 2. The Morgan fingerprint density at radius 2 is 1.92 bits per heavy atom. The third kappa shape index (κ3) is 5.08. The first-order valence-electron chi connectivity index (χ1n) is 8.51. The number of nitrogens with zero attached hydrogens (tertiary/aromatic N) is 2. The van der Waals surface area contributed by atoms with Gasteiger partial charge >= 0.3 is 0 Å². The van der Waals surface area contributed by atoms with E-state index in [0.717, 1.165) is 29.1 Å². The third-order valence-electron chi connectivity index (χ3n) is 3.77. The van der Waals surface area contributed by atoms with Crippen molar-refractivity contribution in [2.45, 2.75) is 20.1 Å². The molecule has 2 aromatic carbocycles. The van der Waals surface area contributed by atoms with Crippen LogP contribution >= 0.6 is 0 Å². The summed E-state index contributed by atoms with van der Waals surface area (Å²) < 4.78 is 7.55. The van der Waals surface area contributed by atoms with Crippen molar-refractivity contribution in [3.8, 4) is 5.75 Å². The SMILES string of the molecule is CCn1cc(C=CC(=O)Nc2ccc(OCc3ccccc3)cc2)cn1. The Labute approximate surface area is 152 Å². The average Bonchev–Trinajstić information content (AvgIpc) is 3.15. The lowest BCUT2D eigenvalue weighted by molar-refractivity contribution is -0.111. The average molecular weight is 347 g/mol. The highest BCUT2D eigenvalue weighted by atomic mass is 16.5. The summed E-state index contributed by atoms with van der Waals surface area (Å²) in [5.41, 5.74) is 2.73. The van der Waals surface area contributed by atoms with E-state index in [-0.39, 0.29) is 5.91 Å². The molecule has 0 aliphatic carbocycles. The summed E-state index contributed by atoms with van der Waals surface area (Å²) in [4.78, 5) is 12.0. The third-order valence-corrected chi connectivity index (χ3v) is 3.77. The van der Waals surface area contributed by atoms with Gasteiger partial charge in [-0.15, -0.1) is 0 Å². The molecular weight excluding hydrogens is 326 g/mol. The van der Waals surface area contributed by atoms with Gasteiger partial charge in [0.05, 0.1) is 6.20 Å². The number of ether oxygens (including phenoxy) is 1. The van der Waals surface area contributed by atoms with Crippen LogP contribution in [-0.2, 0) is 17.9 Å². The fourth-order valence-electron chi connectivity index (χ4n) is 2.37. The second-order valence-electron chi connectivity index (χ2n) is 5.75. The van der Waals surface area contributed by atoms with Crippen molar-refractivity contribution in [3.63, 3.8) is 0 Å². The van der Waals surface area contributed by atoms with Gasteiger partial charge in [-0.25, -0.2) is 0 Å². The molecule has 1 amide bonds. The minimum Gasteiger partial charge on any atom is -0.489 e. The largest absolute Gasteiger partial charge is 0.489 e. The zero-order valence-electron chi connectivity index (χ0n) is 14.6. The van der Waals surface area contributed by atoms with E-state index in [4.69, 9.17) is 4.74 Å². The van der Waals surface area contributed by atoms with Crippen LogP contribution in [0.15, 0.2) is 73.1 Å². The highest BCUT2D eigenvalue weighted by Crippen LogP contribution is 2.17. The molecule has 3 aromatic rings. The molecule has 0 aliphatic heterocycles. The van der Waals surface area contributed by atoms with Crippen LogP contribution in [0.3, 0.4) is 0 Å². The molecule has 0 radical (unpaired) electrons. The van der Waals surface area contributed by atoms with Crippen molar-refractivity contribution in [1.29, 1.82) is 0 Å². The number of carbonyl (C=O) groups is 1. The van der Waals surface area contributed by atoms with Crippen LogP contribution in [0.4, 0.5) is 5.69 Å². The standard InChI is InChI=1S/C21H21N3O2/c1-2-24-15-18(14-22-24)8-13-21(25)23-19-9-11-20(12-10-19)26-16-17-6-4-3-5-7-17/h3-15H,2,16H2,1H3,(H,23,25). The van der Waals surface area contributed by atoms with E-state index in [1.165, 1.54) is 6.08 Å². The second-order valence-corrected chi connectivity index (χ2v) is 5.75. The Balaban J connectivity index is 1.51. The van der Waals surface area contributed by atoms with Gasteiger partial charge in [-0.2, -0.15) is 5.10 Å². The maximum absolute atomic E-state index is 12.0. The summed E-state index contributed by atoms with van der Waals surface area (Å²) >= 11 is 0. The van der Waals surface area contributed by atoms with Crippen LogP contribution in [0.2, 0.25) is 0 Å². The molecule has 0 atom stereocenters. The highest BCUT2D eigenvalue weighted by molar-refractivity contribution is 6.01. The van der Waals surface area contributed by atoms with Gasteiger partial charge in [0.15, 0.2) is 0 Å². The van der Waals surface area contributed by atoms with Crippen molar-refractivity contribution < 1.29 is 9.53 Å². The minimum absolute atomic E-state index is 0.188. The number of carbonyl (C=O) groups excluding carboxylic acids is 1. The summed E-state index contributed by atoms with van der Waals surface area (Å²) in [5, 5.41) is 6.99. The van der Waals surface area contributed by atoms with E-state index in [1.807, 2.05) is 72.4 Å². The molecule has 0 spiro atoms. The summed E-state index contributed by atoms with van der Waals surface area (Å²) in [6, 6.07) is 17.3. The van der Waals surface area contributed by atoms with E-state index < -0.39 is 0 Å². The van der Waals surface area contributed by atoms with Crippen molar-refractivity contribution >= 4 is 17.7 Å². The fraction of sp³-hybridized carbons (Fsp3) is 0.143. The van der Waals surface area contributed by atoms with Crippen molar-refractivity contribution in [2.24, 2.45) is 0 Å². The van der Waals surface area contributed by atoms with Crippen LogP contribution in [0.25, 0.3) is 6.08 Å². The van der Waals surface area contributed by atoms with Gasteiger partial charge in [0, 0.05) is 30.1 Å². The minimum atomic E-state index is -0.188. The molecule has 26 heavy (non-hydrogen) atoms. The maximum Gasteiger partial charge on any atom is 0.248 e. The first-order chi connectivity index (χ1) is 12.7. The lowest BCUT2D eigenvalue weighted by Crippen LogP contribution is -2.07. The molecule has 1 heterocycles. The van der Waals surface area contributed by atoms with Gasteiger partial charge in [-0.05, 0) is 42.8 Å². The molecule has 132 valence electrons. The molecule has 1 aromatic heterocycles. The molecule has 0 fully saturated rings. The Bertz CT molecular complexity index is 868.